The molecular weight excluding hydrogens is 296 g/mol. The smallest absolute Gasteiger partial charge is 0.272 e. The van der Waals surface area contributed by atoms with E-state index in [0.29, 0.717) is 11.5 Å². The van der Waals surface area contributed by atoms with Crippen LogP contribution in [0.25, 0.3) is 11.3 Å². The van der Waals surface area contributed by atoms with Crippen LogP contribution in [0.3, 0.4) is 0 Å². The number of carbonyl (C=O) groups is 1. The Morgan fingerprint density at radius 1 is 1.22 bits per heavy atom. The van der Waals surface area contributed by atoms with E-state index in [1.807, 2.05) is 30.3 Å². The minimum absolute atomic E-state index is 0.166. The Labute approximate surface area is 131 Å². The van der Waals surface area contributed by atoms with E-state index in [9.17, 15) is 9.59 Å². The second-order valence-corrected chi connectivity index (χ2v) is 4.91. The standard InChI is InChI=1S/C16H14N4O3/c1-20-15(21)8-7-13(18-20)16(22)17-10-12-9-14(23-19-12)11-5-3-2-4-6-11/h2-9H,10H2,1H3,(H,17,22). The molecular formula is C16H14N4O3. The highest BCUT2D eigenvalue weighted by Crippen LogP contribution is 2.19. The van der Waals surface area contributed by atoms with Crippen molar-refractivity contribution in [3.8, 4) is 11.3 Å². The zero-order chi connectivity index (χ0) is 16.2. The second-order valence-electron chi connectivity index (χ2n) is 4.91. The Hall–Kier alpha value is -3.22. The second kappa shape index (κ2) is 6.27. The van der Waals surface area contributed by atoms with Crippen LogP contribution in [0.1, 0.15) is 16.2 Å². The van der Waals surface area contributed by atoms with Crippen molar-refractivity contribution in [3.05, 3.63) is 70.3 Å². The van der Waals surface area contributed by atoms with Gasteiger partial charge in [0.05, 0.1) is 6.54 Å². The molecule has 1 aromatic carbocycles. The largest absolute Gasteiger partial charge is 0.356 e. The molecule has 0 saturated carbocycles. The number of nitrogens with one attached hydrogen (secondary N) is 1. The summed E-state index contributed by atoms with van der Waals surface area (Å²) in [5.74, 6) is 0.250. The predicted octanol–water partition coefficient (Wildman–Crippen LogP) is 1.37. The van der Waals surface area contributed by atoms with Crippen molar-refractivity contribution in [2.75, 3.05) is 0 Å². The summed E-state index contributed by atoms with van der Waals surface area (Å²) in [6.07, 6.45) is 0. The summed E-state index contributed by atoms with van der Waals surface area (Å²) in [6, 6.07) is 14.0. The highest BCUT2D eigenvalue weighted by atomic mass is 16.5. The van der Waals surface area contributed by atoms with Crippen LogP contribution in [0.15, 0.2) is 57.8 Å². The van der Waals surface area contributed by atoms with Gasteiger partial charge in [-0.3, -0.25) is 9.59 Å². The van der Waals surface area contributed by atoms with Gasteiger partial charge in [0.2, 0.25) is 0 Å². The number of aromatic nitrogens is 3. The average molecular weight is 310 g/mol. The molecule has 0 bridgehead atoms. The van der Waals surface area contributed by atoms with Crippen LogP contribution in [-0.2, 0) is 13.6 Å². The fourth-order valence-electron chi connectivity index (χ4n) is 2.02. The molecule has 0 saturated heterocycles. The molecule has 2 aromatic heterocycles. The number of nitrogens with zero attached hydrogens (tertiary/aromatic N) is 3. The molecule has 1 amide bonds. The lowest BCUT2D eigenvalue weighted by molar-refractivity contribution is 0.0943. The number of rotatable bonds is 4. The van der Waals surface area contributed by atoms with Crippen LogP contribution in [-0.4, -0.2) is 20.8 Å². The number of benzene rings is 1. The van der Waals surface area contributed by atoms with E-state index in [1.54, 1.807) is 6.07 Å². The molecule has 0 radical (unpaired) electrons. The van der Waals surface area contributed by atoms with E-state index in [2.05, 4.69) is 15.6 Å². The molecule has 23 heavy (non-hydrogen) atoms. The van der Waals surface area contributed by atoms with E-state index < -0.39 is 0 Å². The highest BCUT2D eigenvalue weighted by molar-refractivity contribution is 5.91. The molecule has 0 aliphatic rings. The van der Waals surface area contributed by atoms with Gasteiger partial charge in [-0.2, -0.15) is 5.10 Å². The van der Waals surface area contributed by atoms with Gasteiger partial charge in [-0.25, -0.2) is 4.68 Å². The zero-order valence-electron chi connectivity index (χ0n) is 12.4. The van der Waals surface area contributed by atoms with Gasteiger partial charge in [-0.05, 0) is 6.07 Å². The third kappa shape index (κ3) is 3.34. The molecule has 0 atom stereocenters. The molecule has 3 aromatic rings. The van der Waals surface area contributed by atoms with Crippen molar-refractivity contribution in [2.45, 2.75) is 6.54 Å². The van der Waals surface area contributed by atoms with Crippen LogP contribution < -0.4 is 10.9 Å². The quantitative estimate of drug-likeness (QED) is 0.786. The Bertz CT molecular complexity index is 884. The Morgan fingerprint density at radius 3 is 2.74 bits per heavy atom. The first-order chi connectivity index (χ1) is 11.1. The predicted molar refractivity (Wildman–Crippen MR) is 82.6 cm³/mol. The first-order valence-electron chi connectivity index (χ1n) is 6.97. The fourth-order valence-corrected chi connectivity index (χ4v) is 2.02. The van der Waals surface area contributed by atoms with E-state index >= 15 is 0 Å². The Kier molecular flexibility index (Phi) is 4.01. The van der Waals surface area contributed by atoms with Gasteiger partial charge in [0.25, 0.3) is 11.5 Å². The normalized spacial score (nSPS) is 10.5. The fraction of sp³-hybridized carbons (Fsp3) is 0.125. The maximum absolute atomic E-state index is 12.0. The van der Waals surface area contributed by atoms with Crippen molar-refractivity contribution in [1.29, 1.82) is 0 Å². The molecule has 116 valence electrons. The van der Waals surface area contributed by atoms with Crippen LogP contribution in [0, 0.1) is 0 Å². The SMILES string of the molecule is Cn1nc(C(=O)NCc2cc(-c3ccccc3)on2)ccc1=O. The molecule has 2 heterocycles. The molecule has 7 nitrogen and oxygen atoms in total. The maximum Gasteiger partial charge on any atom is 0.272 e. The van der Waals surface area contributed by atoms with Crippen molar-refractivity contribution in [1.82, 2.24) is 20.3 Å². The maximum atomic E-state index is 12.0. The molecule has 0 spiro atoms. The summed E-state index contributed by atoms with van der Waals surface area (Å²) in [5.41, 5.74) is 1.41. The lowest BCUT2D eigenvalue weighted by atomic mass is 10.2. The van der Waals surface area contributed by atoms with Crippen LogP contribution >= 0.6 is 0 Å². The van der Waals surface area contributed by atoms with Gasteiger partial charge in [0.15, 0.2) is 5.76 Å². The summed E-state index contributed by atoms with van der Waals surface area (Å²) in [6.45, 7) is 0.208. The van der Waals surface area contributed by atoms with Crippen molar-refractivity contribution >= 4 is 5.91 Å². The van der Waals surface area contributed by atoms with E-state index in [4.69, 9.17) is 4.52 Å². The van der Waals surface area contributed by atoms with E-state index in [1.165, 1.54) is 19.2 Å². The number of hydrogen-bond acceptors (Lipinski definition) is 5. The van der Waals surface area contributed by atoms with Crippen molar-refractivity contribution in [2.24, 2.45) is 7.05 Å². The summed E-state index contributed by atoms with van der Waals surface area (Å²) in [7, 11) is 1.49. The zero-order valence-corrected chi connectivity index (χ0v) is 12.4. The van der Waals surface area contributed by atoms with Gasteiger partial charge in [-0.1, -0.05) is 35.5 Å². The molecule has 0 fully saturated rings. The van der Waals surface area contributed by atoms with Gasteiger partial charge in [-0.15, -0.1) is 0 Å². The summed E-state index contributed by atoms with van der Waals surface area (Å²) in [4.78, 5) is 23.3. The van der Waals surface area contributed by atoms with Gasteiger partial charge < -0.3 is 9.84 Å². The molecule has 0 unspecified atom stereocenters. The van der Waals surface area contributed by atoms with Crippen LogP contribution in [0.4, 0.5) is 0 Å². The monoisotopic (exact) mass is 310 g/mol. The molecule has 1 N–H and O–H groups in total. The summed E-state index contributed by atoms with van der Waals surface area (Å²) >= 11 is 0. The highest BCUT2D eigenvalue weighted by Gasteiger charge is 2.11. The first-order valence-corrected chi connectivity index (χ1v) is 6.97. The molecule has 0 aliphatic carbocycles. The van der Waals surface area contributed by atoms with Crippen LogP contribution in [0.2, 0.25) is 0 Å². The Morgan fingerprint density at radius 2 is 2.00 bits per heavy atom. The minimum atomic E-state index is -0.384. The van der Waals surface area contributed by atoms with Crippen molar-refractivity contribution in [3.63, 3.8) is 0 Å². The number of carbonyl (C=O) groups excluding carboxylic acids is 1. The minimum Gasteiger partial charge on any atom is -0.356 e. The third-order valence-corrected chi connectivity index (χ3v) is 3.24. The third-order valence-electron chi connectivity index (χ3n) is 3.24. The average Bonchev–Trinajstić information content (AvgIpc) is 3.05. The van der Waals surface area contributed by atoms with Gasteiger partial charge >= 0.3 is 0 Å². The summed E-state index contributed by atoms with van der Waals surface area (Å²) < 4.78 is 6.37. The Balaban J connectivity index is 1.66. The molecule has 0 aliphatic heterocycles. The lowest BCUT2D eigenvalue weighted by Crippen LogP contribution is -2.28. The van der Waals surface area contributed by atoms with Crippen molar-refractivity contribution < 1.29 is 9.32 Å². The number of amides is 1. The number of hydrogen-bond donors (Lipinski definition) is 1. The van der Waals surface area contributed by atoms with Gasteiger partial charge in [0.1, 0.15) is 11.4 Å². The van der Waals surface area contributed by atoms with Gasteiger partial charge in [0, 0.05) is 24.7 Å². The molecule has 3 rings (SSSR count). The summed E-state index contributed by atoms with van der Waals surface area (Å²) in [5, 5.41) is 10.5. The topological polar surface area (TPSA) is 90.0 Å². The molecule has 7 heteroatoms. The van der Waals surface area contributed by atoms with E-state index in [0.717, 1.165) is 10.2 Å². The van der Waals surface area contributed by atoms with Crippen LogP contribution in [0.5, 0.6) is 0 Å². The lowest BCUT2D eigenvalue weighted by Gasteiger charge is -2.03. The first kappa shape index (κ1) is 14.7. The number of aryl methyl sites for hydroxylation is 1. The van der Waals surface area contributed by atoms with E-state index in [-0.39, 0.29) is 23.7 Å².